The van der Waals surface area contributed by atoms with Crippen LogP contribution in [0.25, 0.3) is 0 Å². The molecule has 2 heteroatoms. The summed E-state index contributed by atoms with van der Waals surface area (Å²) in [6.07, 6.45) is 7.09. The third kappa shape index (κ3) is 3.90. The molecule has 0 aromatic rings. The van der Waals surface area contributed by atoms with E-state index in [0.717, 1.165) is 18.4 Å². The van der Waals surface area contributed by atoms with Crippen molar-refractivity contribution in [2.24, 2.45) is 17.6 Å². The molecule has 0 bridgehead atoms. The summed E-state index contributed by atoms with van der Waals surface area (Å²) in [5, 5.41) is 0. The Hall–Kier alpha value is 0.310. The van der Waals surface area contributed by atoms with E-state index in [1.54, 1.807) is 0 Å². The van der Waals surface area contributed by atoms with Gasteiger partial charge in [-0.1, -0.05) is 19.8 Å². The smallest absolute Gasteiger partial charge is 0.00462 e. The van der Waals surface area contributed by atoms with E-state index in [-0.39, 0.29) is 0 Å². The van der Waals surface area contributed by atoms with Crippen LogP contribution in [0, 0.1) is 11.8 Å². The van der Waals surface area contributed by atoms with Gasteiger partial charge in [0.15, 0.2) is 0 Å². The topological polar surface area (TPSA) is 26.0 Å². The van der Waals surface area contributed by atoms with Crippen LogP contribution < -0.4 is 5.73 Å². The van der Waals surface area contributed by atoms with E-state index in [0.29, 0.717) is 0 Å². The van der Waals surface area contributed by atoms with Crippen molar-refractivity contribution < 1.29 is 0 Å². The van der Waals surface area contributed by atoms with E-state index in [9.17, 15) is 0 Å². The number of hydrogen-bond acceptors (Lipinski definition) is 2. The maximum Gasteiger partial charge on any atom is -0.00462 e. The van der Waals surface area contributed by atoms with Gasteiger partial charge in [0, 0.05) is 0 Å². The first-order chi connectivity index (χ1) is 6.38. The largest absolute Gasteiger partial charge is 0.330 e. The molecule has 0 spiro atoms. The summed E-state index contributed by atoms with van der Waals surface area (Å²) in [7, 11) is 0. The second kappa shape index (κ2) is 6.72. The highest BCUT2D eigenvalue weighted by Gasteiger charge is 2.24. The highest BCUT2D eigenvalue weighted by molar-refractivity contribution is 7.99. The van der Waals surface area contributed by atoms with Crippen molar-refractivity contribution in [1.29, 1.82) is 0 Å². The van der Waals surface area contributed by atoms with Crippen LogP contribution in [-0.4, -0.2) is 18.1 Å². The molecule has 0 aliphatic heterocycles. The summed E-state index contributed by atoms with van der Waals surface area (Å²) >= 11 is 2.07. The van der Waals surface area contributed by atoms with Crippen molar-refractivity contribution in [3.63, 3.8) is 0 Å². The SMILES string of the molecule is CCSCCCC1CCCC1CN. The Bertz CT molecular complexity index is 127. The molecule has 2 unspecified atom stereocenters. The Morgan fingerprint density at radius 2 is 2.08 bits per heavy atom. The molecule has 1 rings (SSSR count). The lowest BCUT2D eigenvalue weighted by Gasteiger charge is -2.17. The van der Waals surface area contributed by atoms with E-state index in [1.807, 2.05) is 0 Å². The van der Waals surface area contributed by atoms with Gasteiger partial charge in [-0.3, -0.25) is 0 Å². The van der Waals surface area contributed by atoms with Gasteiger partial charge in [0.05, 0.1) is 0 Å². The standard InChI is InChI=1S/C11H23NS/c1-2-13-8-4-7-10-5-3-6-11(10)9-12/h10-11H,2-9,12H2,1H3. The average Bonchev–Trinajstić information content (AvgIpc) is 2.60. The van der Waals surface area contributed by atoms with Crippen LogP contribution in [0.1, 0.15) is 39.0 Å². The Labute approximate surface area is 86.8 Å². The van der Waals surface area contributed by atoms with Crippen molar-refractivity contribution in [1.82, 2.24) is 0 Å². The Morgan fingerprint density at radius 1 is 1.31 bits per heavy atom. The van der Waals surface area contributed by atoms with Gasteiger partial charge in [-0.15, -0.1) is 0 Å². The first-order valence-electron chi connectivity index (χ1n) is 5.66. The molecule has 0 aromatic carbocycles. The summed E-state index contributed by atoms with van der Waals surface area (Å²) in [6, 6.07) is 0. The van der Waals surface area contributed by atoms with E-state index in [1.165, 1.54) is 43.6 Å². The molecule has 1 aliphatic carbocycles. The lowest BCUT2D eigenvalue weighted by atomic mass is 9.92. The van der Waals surface area contributed by atoms with Gasteiger partial charge >= 0.3 is 0 Å². The third-order valence-corrected chi connectivity index (χ3v) is 4.17. The van der Waals surface area contributed by atoms with Crippen molar-refractivity contribution in [2.45, 2.75) is 39.0 Å². The molecule has 0 aromatic heterocycles. The average molecular weight is 201 g/mol. The van der Waals surface area contributed by atoms with Gasteiger partial charge in [0.25, 0.3) is 0 Å². The first kappa shape index (κ1) is 11.4. The van der Waals surface area contributed by atoms with Crippen molar-refractivity contribution in [3.8, 4) is 0 Å². The Morgan fingerprint density at radius 3 is 2.77 bits per heavy atom. The highest BCUT2D eigenvalue weighted by atomic mass is 32.2. The zero-order chi connectivity index (χ0) is 9.52. The Balaban J connectivity index is 2.06. The summed E-state index contributed by atoms with van der Waals surface area (Å²) in [5.41, 5.74) is 5.75. The number of hydrogen-bond donors (Lipinski definition) is 1. The minimum atomic E-state index is 0.853. The number of rotatable bonds is 6. The van der Waals surface area contributed by atoms with E-state index in [4.69, 9.17) is 5.73 Å². The van der Waals surface area contributed by atoms with Gasteiger partial charge in [-0.05, 0) is 49.1 Å². The van der Waals surface area contributed by atoms with Crippen LogP contribution >= 0.6 is 11.8 Å². The van der Waals surface area contributed by atoms with E-state index >= 15 is 0 Å². The van der Waals surface area contributed by atoms with Crippen LogP contribution in [0.4, 0.5) is 0 Å². The van der Waals surface area contributed by atoms with Crippen molar-refractivity contribution >= 4 is 11.8 Å². The van der Waals surface area contributed by atoms with Crippen LogP contribution in [0.3, 0.4) is 0 Å². The van der Waals surface area contributed by atoms with Crippen molar-refractivity contribution in [2.75, 3.05) is 18.1 Å². The number of thioether (sulfide) groups is 1. The molecule has 2 N–H and O–H groups in total. The van der Waals surface area contributed by atoms with Crippen LogP contribution in [0.5, 0.6) is 0 Å². The van der Waals surface area contributed by atoms with Gasteiger partial charge < -0.3 is 5.73 Å². The number of nitrogens with two attached hydrogens (primary N) is 1. The minimum Gasteiger partial charge on any atom is -0.330 e. The molecule has 0 radical (unpaired) electrons. The van der Waals surface area contributed by atoms with Crippen LogP contribution in [-0.2, 0) is 0 Å². The fourth-order valence-electron chi connectivity index (χ4n) is 2.40. The highest BCUT2D eigenvalue weighted by Crippen LogP contribution is 2.34. The molecule has 1 saturated carbocycles. The zero-order valence-electron chi connectivity index (χ0n) is 8.80. The second-order valence-corrected chi connectivity index (χ2v) is 5.42. The summed E-state index contributed by atoms with van der Waals surface area (Å²) in [6.45, 7) is 3.16. The van der Waals surface area contributed by atoms with Gasteiger partial charge in [-0.25, -0.2) is 0 Å². The fraction of sp³-hybridized carbons (Fsp3) is 1.00. The molecule has 13 heavy (non-hydrogen) atoms. The molecular formula is C11H23NS. The summed E-state index contributed by atoms with van der Waals surface area (Å²) in [4.78, 5) is 0. The van der Waals surface area contributed by atoms with Crippen LogP contribution in [0.2, 0.25) is 0 Å². The molecule has 0 heterocycles. The Kier molecular flexibility index (Phi) is 5.88. The van der Waals surface area contributed by atoms with Crippen LogP contribution in [0.15, 0.2) is 0 Å². The third-order valence-electron chi connectivity index (χ3n) is 3.19. The van der Waals surface area contributed by atoms with Gasteiger partial charge in [-0.2, -0.15) is 11.8 Å². The predicted molar refractivity (Wildman–Crippen MR) is 62.1 cm³/mol. The normalized spacial score (nSPS) is 28.2. The maximum atomic E-state index is 5.75. The molecule has 2 atom stereocenters. The fourth-order valence-corrected chi connectivity index (χ4v) is 3.06. The van der Waals surface area contributed by atoms with Gasteiger partial charge in [0.1, 0.15) is 0 Å². The quantitative estimate of drug-likeness (QED) is 0.669. The van der Waals surface area contributed by atoms with Gasteiger partial charge in [0.2, 0.25) is 0 Å². The first-order valence-corrected chi connectivity index (χ1v) is 6.81. The second-order valence-electron chi connectivity index (χ2n) is 4.03. The summed E-state index contributed by atoms with van der Waals surface area (Å²) in [5.74, 6) is 4.43. The molecule has 1 nitrogen and oxygen atoms in total. The van der Waals surface area contributed by atoms with E-state index in [2.05, 4.69) is 18.7 Å². The molecule has 0 amide bonds. The van der Waals surface area contributed by atoms with E-state index < -0.39 is 0 Å². The monoisotopic (exact) mass is 201 g/mol. The summed E-state index contributed by atoms with van der Waals surface area (Å²) < 4.78 is 0. The molecule has 1 fully saturated rings. The molecule has 78 valence electrons. The van der Waals surface area contributed by atoms with Crippen molar-refractivity contribution in [3.05, 3.63) is 0 Å². The lowest BCUT2D eigenvalue weighted by Crippen LogP contribution is -2.18. The zero-order valence-corrected chi connectivity index (χ0v) is 9.61. The minimum absolute atomic E-state index is 0.853. The predicted octanol–water partition coefficient (Wildman–Crippen LogP) is 2.89. The molecule has 0 saturated heterocycles. The maximum absolute atomic E-state index is 5.75. The molecule has 1 aliphatic rings. The lowest BCUT2D eigenvalue weighted by molar-refractivity contribution is 0.370. The molecular weight excluding hydrogens is 178 g/mol.